The number of nitrogens with one attached hydrogen (secondary N) is 2. The average Bonchev–Trinajstić information content (AvgIpc) is 2.98. The van der Waals surface area contributed by atoms with Gasteiger partial charge in [0.05, 0.1) is 6.54 Å². The predicted molar refractivity (Wildman–Crippen MR) is 82.5 cm³/mol. The monoisotopic (exact) mass is 329 g/mol. The highest BCUT2D eigenvalue weighted by atomic mass is 35.5. The zero-order chi connectivity index (χ0) is 15.2. The van der Waals surface area contributed by atoms with E-state index in [-0.39, 0.29) is 19.0 Å². The Morgan fingerprint density at radius 2 is 1.86 bits per heavy atom. The molecule has 1 saturated heterocycles. The number of nitrogens with zero attached hydrogens (tertiary/aromatic N) is 1. The summed E-state index contributed by atoms with van der Waals surface area (Å²) in [6, 6.07) is 4.68. The molecule has 0 aromatic heterocycles. The Balaban J connectivity index is 1.73. The number of rotatable bonds is 4. The van der Waals surface area contributed by atoms with Gasteiger partial charge >= 0.3 is 6.03 Å². The average molecular weight is 330 g/mol. The highest BCUT2D eigenvalue weighted by Gasteiger charge is 2.17. The van der Waals surface area contributed by atoms with Crippen molar-refractivity contribution in [1.82, 2.24) is 15.5 Å². The molecule has 21 heavy (non-hydrogen) atoms. The fraction of sp³-hybridized carbons (Fsp3) is 0.429. The van der Waals surface area contributed by atoms with Crippen molar-refractivity contribution >= 4 is 35.1 Å². The molecular formula is C14H17Cl2N3O2. The minimum Gasteiger partial charge on any atom is -0.341 e. The summed E-state index contributed by atoms with van der Waals surface area (Å²) in [6.45, 7) is 1.85. The van der Waals surface area contributed by atoms with Crippen molar-refractivity contribution in [3.05, 3.63) is 33.8 Å². The van der Waals surface area contributed by atoms with E-state index in [1.54, 1.807) is 23.1 Å². The van der Waals surface area contributed by atoms with E-state index in [1.165, 1.54) is 0 Å². The first-order valence-corrected chi connectivity index (χ1v) is 7.55. The SMILES string of the molecule is O=C(NCC(=O)N1CCCC1)NCc1ccc(Cl)cc1Cl. The number of benzene rings is 1. The number of urea groups is 1. The number of amides is 3. The van der Waals surface area contributed by atoms with E-state index in [9.17, 15) is 9.59 Å². The molecule has 1 aliphatic heterocycles. The molecule has 1 aromatic carbocycles. The van der Waals surface area contributed by atoms with Crippen molar-refractivity contribution in [2.45, 2.75) is 19.4 Å². The number of likely N-dealkylation sites (tertiary alicyclic amines) is 1. The summed E-state index contributed by atoms with van der Waals surface area (Å²) in [5, 5.41) is 6.25. The van der Waals surface area contributed by atoms with Crippen molar-refractivity contribution in [2.75, 3.05) is 19.6 Å². The first-order valence-electron chi connectivity index (χ1n) is 6.79. The summed E-state index contributed by atoms with van der Waals surface area (Å²) in [7, 11) is 0. The highest BCUT2D eigenvalue weighted by Crippen LogP contribution is 2.20. The summed E-state index contributed by atoms with van der Waals surface area (Å²) in [4.78, 5) is 25.2. The molecule has 1 aromatic rings. The Bertz CT molecular complexity index is 531. The van der Waals surface area contributed by atoms with Crippen LogP contribution in [0.5, 0.6) is 0 Å². The van der Waals surface area contributed by atoms with Crippen LogP contribution in [-0.4, -0.2) is 36.5 Å². The van der Waals surface area contributed by atoms with Crippen molar-refractivity contribution in [1.29, 1.82) is 0 Å². The molecule has 0 saturated carbocycles. The summed E-state index contributed by atoms with van der Waals surface area (Å²) in [6.07, 6.45) is 2.07. The Morgan fingerprint density at radius 3 is 2.52 bits per heavy atom. The van der Waals surface area contributed by atoms with Crippen molar-refractivity contribution < 1.29 is 9.59 Å². The van der Waals surface area contributed by atoms with Gasteiger partial charge in [-0.3, -0.25) is 4.79 Å². The van der Waals surface area contributed by atoms with Crippen molar-refractivity contribution in [3.8, 4) is 0 Å². The van der Waals surface area contributed by atoms with Gasteiger partial charge in [0.15, 0.2) is 0 Å². The fourth-order valence-corrected chi connectivity index (χ4v) is 2.61. The Labute approximate surface area is 133 Å². The van der Waals surface area contributed by atoms with Crippen LogP contribution in [0.1, 0.15) is 18.4 Å². The van der Waals surface area contributed by atoms with E-state index < -0.39 is 6.03 Å². The Hall–Kier alpha value is -1.46. The van der Waals surface area contributed by atoms with Crippen LogP contribution in [0.2, 0.25) is 10.0 Å². The van der Waals surface area contributed by atoms with Crippen LogP contribution in [0, 0.1) is 0 Å². The molecule has 0 spiro atoms. The molecule has 7 heteroatoms. The van der Waals surface area contributed by atoms with Gasteiger partial charge in [0, 0.05) is 29.7 Å². The van der Waals surface area contributed by atoms with Crippen molar-refractivity contribution in [3.63, 3.8) is 0 Å². The van der Waals surface area contributed by atoms with Crippen molar-refractivity contribution in [2.24, 2.45) is 0 Å². The van der Waals surface area contributed by atoms with Crippen LogP contribution in [0.15, 0.2) is 18.2 Å². The maximum Gasteiger partial charge on any atom is 0.315 e. The van der Waals surface area contributed by atoms with Gasteiger partial charge in [-0.25, -0.2) is 4.79 Å². The minimum absolute atomic E-state index is 0.0141. The minimum atomic E-state index is -0.395. The molecule has 0 unspecified atom stereocenters. The summed E-state index contributed by atoms with van der Waals surface area (Å²) in [5.74, 6) is -0.0489. The summed E-state index contributed by atoms with van der Waals surface area (Å²) >= 11 is 11.8. The lowest BCUT2D eigenvalue weighted by atomic mass is 10.2. The van der Waals surface area contributed by atoms with Gasteiger partial charge in [-0.15, -0.1) is 0 Å². The van der Waals surface area contributed by atoms with Gasteiger partial charge in [0.25, 0.3) is 0 Å². The molecule has 1 heterocycles. The molecule has 1 aliphatic rings. The highest BCUT2D eigenvalue weighted by molar-refractivity contribution is 6.35. The molecule has 114 valence electrons. The second-order valence-corrected chi connectivity index (χ2v) is 5.70. The van der Waals surface area contributed by atoms with Gasteiger partial charge < -0.3 is 15.5 Å². The number of halogens is 2. The molecule has 0 atom stereocenters. The predicted octanol–water partition coefficient (Wildman–Crippen LogP) is 2.42. The first-order chi connectivity index (χ1) is 10.1. The van der Waals surface area contributed by atoms with E-state index in [0.717, 1.165) is 31.5 Å². The topological polar surface area (TPSA) is 61.4 Å². The standard InChI is InChI=1S/C14H17Cl2N3O2/c15-11-4-3-10(12(16)7-11)8-17-14(21)18-9-13(20)19-5-1-2-6-19/h3-4,7H,1-2,5-6,8-9H2,(H2,17,18,21). The molecule has 3 amide bonds. The molecular weight excluding hydrogens is 313 g/mol. The van der Waals surface area contributed by atoms with Crippen LogP contribution in [0.3, 0.4) is 0 Å². The van der Waals surface area contributed by atoms with Gasteiger partial charge in [0.2, 0.25) is 5.91 Å². The second-order valence-electron chi connectivity index (χ2n) is 4.86. The lowest BCUT2D eigenvalue weighted by Crippen LogP contribution is -2.42. The van der Waals surface area contributed by atoms with Crippen LogP contribution in [0.25, 0.3) is 0 Å². The van der Waals surface area contributed by atoms with Crippen LogP contribution >= 0.6 is 23.2 Å². The van der Waals surface area contributed by atoms with Gasteiger partial charge in [-0.05, 0) is 30.5 Å². The third-order valence-corrected chi connectivity index (χ3v) is 3.90. The van der Waals surface area contributed by atoms with Crippen LogP contribution < -0.4 is 10.6 Å². The smallest absolute Gasteiger partial charge is 0.315 e. The lowest BCUT2D eigenvalue weighted by Gasteiger charge is -2.15. The molecule has 0 aliphatic carbocycles. The Kier molecular flexibility index (Phi) is 5.70. The first kappa shape index (κ1) is 15.9. The number of hydrogen-bond acceptors (Lipinski definition) is 2. The zero-order valence-corrected chi connectivity index (χ0v) is 13.0. The normalized spacial score (nSPS) is 14.1. The number of carbonyl (C=O) groups is 2. The third-order valence-electron chi connectivity index (χ3n) is 3.31. The van der Waals surface area contributed by atoms with E-state index in [4.69, 9.17) is 23.2 Å². The van der Waals surface area contributed by atoms with Gasteiger partial charge in [-0.1, -0.05) is 29.3 Å². The molecule has 1 fully saturated rings. The van der Waals surface area contributed by atoms with Crippen LogP contribution in [-0.2, 0) is 11.3 Å². The van der Waals surface area contributed by atoms with E-state index >= 15 is 0 Å². The van der Waals surface area contributed by atoms with Crippen LogP contribution in [0.4, 0.5) is 4.79 Å². The maximum absolute atomic E-state index is 11.8. The molecule has 2 N–H and O–H groups in total. The Morgan fingerprint density at radius 1 is 1.14 bits per heavy atom. The lowest BCUT2D eigenvalue weighted by molar-refractivity contribution is -0.128. The van der Waals surface area contributed by atoms with Gasteiger partial charge in [-0.2, -0.15) is 0 Å². The quantitative estimate of drug-likeness (QED) is 0.891. The number of hydrogen-bond donors (Lipinski definition) is 2. The molecule has 0 bridgehead atoms. The summed E-state index contributed by atoms with van der Waals surface area (Å²) in [5.41, 5.74) is 0.766. The van der Waals surface area contributed by atoms with E-state index in [1.807, 2.05) is 0 Å². The largest absolute Gasteiger partial charge is 0.341 e. The fourth-order valence-electron chi connectivity index (χ4n) is 2.14. The zero-order valence-electron chi connectivity index (χ0n) is 11.5. The summed E-state index contributed by atoms with van der Waals surface area (Å²) < 4.78 is 0. The second kappa shape index (κ2) is 7.52. The third kappa shape index (κ3) is 4.79. The van der Waals surface area contributed by atoms with E-state index in [0.29, 0.717) is 10.0 Å². The molecule has 2 rings (SSSR count). The number of carbonyl (C=O) groups excluding carboxylic acids is 2. The maximum atomic E-state index is 11.8. The van der Waals surface area contributed by atoms with E-state index in [2.05, 4.69) is 10.6 Å². The van der Waals surface area contributed by atoms with Gasteiger partial charge in [0.1, 0.15) is 0 Å². The molecule has 0 radical (unpaired) electrons. The molecule has 5 nitrogen and oxygen atoms in total.